The second kappa shape index (κ2) is 7.77. The number of carbonyl (C=O) groups excluding carboxylic acids is 1. The van der Waals surface area contributed by atoms with Crippen molar-refractivity contribution in [2.75, 3.05) is 11.9 Å². The van der Waals surface area contributed by atoms with Crippen LogP contribution in [0.2, 0.25) is 5.02 Å². The van der Waals surface area contributed by atoms with Crippen molar-refractivity contribution < 1.29 is 9.53 Å². The molecule has 1 N–H and O–H groups in total. The predicted molar refractivity (Wildman–Crippen MR) is 92.4 cm³/mol. The van der Waals surface area contributed by atoms with Gasteiger partial charge in [-0.1, -0.05) is 31.4 Å². The molecule has 1 aromatic heterocycles. The Balaban J connectivity index is 1.65. The molecule has 128 valence electrons. The monoisotopic (exact) mass is 348 g/mol. The third-order valence-electron chi connectivity index (χ3n) is 4.36. The predicted octanol–water partition coefficient (Wildman–Crippen LogP) is 3.45. The zero-order valence-electron chi connectivity index (χ0n) is 13.6. The number of carbonyl (C=O) groups is 1. The van der Waals surface area contributed by atoms with Gasteiger partial charge in [-0.25, -0.2) is 9.67 Å². The zero-order chi connectivity index (χ0) is 16.9. The summed E-state index contributed by atoms with van der Waals surface area (Å²) in [7, 11) is 0. The summed E-state index contributed by atoms with van der Waals surface area (Å²) >= 11 is 6.05. The number of hydrogen-bond donors (Lipinski definition) is 1. The van der Waals surface area contributed by atoms with E-state index in [1.165, 1.54) is 19.2 Å². The summed E-state index contributed by atoms with van der Waals surface area (Å²) in [4.78, 5) is 16.2. The van der Waals surface area contributed by atoms with E-state index in [4.69, 9.17) is 16.3 Å². The van der Waals surface area contributed by atoms with Crippen LogP contribution < -0.4 is 5.32 Å². The number of hydrogen-bond acceptors (Lipinski definition) is 4. The van der Waals surface area contributed by atoms with E-state index in [1.54, 1.807) is 29.2 Å². The van der Waals surface area contributed by atoms with Crippen LogP contribution in [-0.2, 0) is 9.53 Å². The Labute approximate surface area is 146 Å². The van der Waals surface area contributed by atoms with E-state index in [-0.39, 0.29) is 18.6 Å². The minimum Gasteiger partial charge on any atom is -0.368 e. The van der Waals surface area contributed by atoms with Gasteiger partial charge in [-0.05, 0) is 37.0 Å². The molecule has 0 spiro atoms. The number of nitrogens with zero attached hydrogens (tertiary/aromatic N) is 3. The molecule has 1 amide bonds. The maximum atomic E-state index is 12.3. The number of halogens is 1. The Bertz CT molecular complexity index is 690. The first kappa shape index (κ1) is 16.9. The maximum absolute atomic E-state index is 12.3. The quantitative estimate of drug-likeness (QED) is 0.898. The molecule has 0 aliphatic heterocycles. The van der Waals surface area contributed by atoms with Crippen LogP contribution in [0.3, 0.4) is 0 Å². The number of amides is 1. The molecule has 24 heavy (non-hydrogen) atoms. The van der Waals surface area contributed by atoms with Crippen molar-refractivity contribution in [1.29, 1.82) is 0 Å². The number of rotatable bonds is 5. The molecule has 1 aliphatic carbocycles. The van der Waals surface area contributed by atoms with Crippen LogP contribution in [-0.4, -0.2) is 33.4 Å². The van der Waals surface area contributed by atoms with E-state index in [0.717, 1.165) is 12.8 Å². The molecule has 0 radical (unpaired) electrons. The number of anilines is 1. The van der Waals surface area contributed by atoms with Gasteiger partial charge in [-0.2, -0.15) is 5.10 Å². The fourth-order valence-corrected chi connectivity index (χ4v) is 3.21. The van der Waals surface area contributed by atoms with Gasteiger partial charge >= 0.3 is 0 Å². The van der Waals surface area contributed by atoms with E-state index in [9.17, 15) is 4.79 Å². The summed E-state index contributed by atoms with van der Waals surface area (Å²) in [6, 6.07) is 5.23. The van der Waals surface area contributed by atoms with Crippen LogP contribution in [0.5, 0.6) is 0 Å². The van der Waals surface area contributed by atoms with Gasteiger partial charge in [-0.15, -0.1) is 0 Å². The fourth-order valence-electron chi connectivity index (χ4n) is 3.04. The number of ether oxygens (including phenoxy) is 1. The molecule has 1 fully saturated rings. The number of aromatic nitrogens is 3. The van der Waals surface area contributed by atoms with Crippen molar-refractivity contribution in [1.82, 2.24) is 14.8 Å². The van der Waals surface area contributed by atoms with Crippen LogP contribution in [0, 0.1) is 5.92 Å². The first-order chi connectivity index (χ1) is 11.6. The van der Waals surface area contributed by atoms with Gasteiger partial charge in [-0.3, -0.25) is 4.79 Å². The van der Waals surface area contributed by atoms with E-state index < -0.39 is 0 Å². The summed E-state index contributed by atoms with van der Waals surface area (Å²) in [5.74, 6) is 0.305. The van der Waals surface area contributed by atoms with Gasteiger partial charge in [0.2, 0.25) is 5.91 Å². The van der Waals surface area contributed by atoms with Gasteiger partial charge in [0.25, 0.3) is 0 Å². The Morgan fingerprint density at radius 2 is 2.25 bits per heavy atom. The van der Waals surface area contributed by atoms with Gasteiger partial charge in [0, 0.05) is 5.02 Å². The second-order valence-electron chi connectivity index (χ2n) is 6.16. The minimum absolute atomic E-state index is 0.0400. The molecule has 1 aromatic carbocycles. The summed E-state index contributed by atoms with van der Waals surface area (Å²) in [6.07, 6.45) is 7.77. The molecule has 3 rings (SSSR count). The molecule has 2 atom stereocenters. The maximum Gasteiger partial charge on any atom is 0.250 e. The highest BCUT2D eigenvalue weighted by molar-refractivity contribution is 6.31. The average Bonchev–Trinajstić information content (AvgIpc) is 3.08. The van der Waals surface area contributed by atoms with Gasteiger partial charge in [0.15, 0.2) is 0 Å². The molecule has 2 unspecified atom stereocenters. The Morgan fingerprint density at radius 1 is 1.42 bits per heavy atom. The smallest absolute Gasteiger partial charge is 0.250 e. The Hall–Kier alpha value is -1.92. The number of benzene rings is 1. The molecule has 2 aromatic rings. The molecule has 7 heteroatoms. The van der Waals surface area contributed by atoms with Crippen molar-refractivity contribution in [2.24, 2.45) is 5.92 Å². The van der Waals surface area contributed by atoms with Crippen molar-refractivity contribution in [3.63, 3.8) is 0 Å². The zero-order valence-corrected chi connectivity index (χ0v) is 14.4. The van der Waals surface area contributed by atoms with E-state index in [2.05, 4.69) is 22.3 Å². The van der Waals surface area contributed by atoms with Crippen molar-refractivity contribution in [3.05, 3.63) is 35.9 Å². The lowest BCUT2D eigenvalue weighted by Crippen LogP contribution is -2.30. The lowest BCUT2D eigenvalue weighted by molar-refractivity contribution is -0.124. The largest absolute Gasteiger partial charge is 0.368 e. The van der Waals surface area contributed by atoms with Crippen LogP contribution in [0.15, 0.2) is 30.9 Å². The van der Waals surface area contributed by atoms with Crippen LogP contribution in [0.25, 0.3) is 5.69 Å². The molecule has 1 saturated carbocycles. The Kier molecular flexibility index (Phi) is 5.48. The third kappa shape index (κ3) is 4.13. The van der Waals surface area contributed by atoms with Gasteiger partial charge in [0.05, 0.1) is 17.5 Å². The van der Waals surface area contributed by atoms with E-state index in [1.807, 2.05) is 0 Å². The van der Waals surface area contributed by atoms with Crippen LogP contribution in [0.4, 0.5) is 5.69 Å². The van der Waals surface area contributed by atoms with E-state index in [0.29, 0.717) is 22.3 Å². The van der Waals surface area contributed by atoms with E-state index >= 15 is 0 Å². The molecule has 1 heterocycles. The lowest BCUT2D eigenvalue weighted by atomic mass is 9.88. The van der Waals surface area contributed by atoms with Crippen molar-refractivity contribution in [3.8, 4) is 5.69 Å². The van der Waals surface area contributed by atoms with Crippen molar-refractivity contribution >= 4 is 23.2 Å². The van der Waals surface area contributed by atoms with Crippen LogP contribution in [0.1, 0.15) is 32.6 Å². The highest BCUT2D eigenvalue weighted by Crippen LogP contribution is 2.27. The highest BCUT2D eigenvalue weighted by Gasteiger charge is 2.22. The van der Waals surface area contributed by atoms with Crippen molar-refractivity contribution in [2.45, 2.75) is 38.7 Å². The molecule has 1 aliphatic rings. The highest BCUT2D eigenvalue weighted by atomic mass is 35.5. The normalized spacial score (nSPS) is 20.8. The summed E-state index contributed by atoms with van der Waals surface area (Å²) in [6.45, 7) is 2.22. The second-order valence-corrected chi connectivity index (χ2v) is 6.60. The standard InChI is InChI=1S/C17H21ClN4O2/c1-12-4-2-3-5-16(12)24-9-17(23)21-14-8-13(18)6-7-15(14)22-11-19-10-20-22/h6-8,10-12,16H,2-5,9H2,1H3,(H,21,23). The van der Waals surface area contributed by atoms with Crippen LogP contribution >= 0.6 is 11.6 Å². The topological polar surface area (TPSA) is 69.0 Å². The minimum atomic E-state index is -0.198. The first-order valence-electron chi connectivity index (χ1n) is 8.19. The lowest BCUT2D eigenvalue weighted by Gasteiger charge is -2.28. The number of nitrogens with one attached hydrogen (secondary N) is 1. The molecular formula is C17H21ClN4O2. The molecular weight excluding hydrogens is 328 g/mol. The van der Waals surface area contributed by atoms with Gasteiger partial charge in [0.1, 0.15) is 19.3 Å². The average molecular weight is 349 g/mol. The molecule has 0 saturated heterocycles. The SMILES string of the molecule is CC1CCCCC1OCC(=O)Nc1cc(Cl)ccc1-n1cncn1. The Morgan fingerprint density at radius 3 is 3.00 bits per heavy atom. The summed E-state index contributed by atoms with van der Waals surface area (Å²) in [5, 5.41) is 7.49. The third-order valence-corrected chi connectivity index (χ3v) is 4.59. The first-order valence-corrected chi connectivity index (χ1v) is 8.57. The summed E-state index contributed by atoms with van der Waals surface area (Å²) < 4.78 is 7.39. The molecule has 0 bridgehead atoms. The fraction of sp³-hybridized carbons (Fsp3) is 0.471. The van der Waals surface area contributed by atoms with Gasteiger partial charge < -0.3 is 10.1 Å². The summed E-state index contributed by atoms with van der Waals surface area (Å²) in [5.41, 5.74) is 1.29. The molecule has 6 nitrogen and oxygen atoms in total.